The maximum Gasteiger partial charge on any atom is 0.138 e. The molecule has 1 saturated heterocycles. The fraction of sp³-hybridized carbons (Fsp3) is 0.667. The van der Waals surface area contributed by atoms with Crippen LogP contribution in [0.15, 0.2) is 5.38 Å². The Morgan fingerprint density at radius 2 is 2.44 bits per heavy atom. The van der Waals surface area contributed by atoms with Gasteiger partial charge in [-0.05, 0) is 6.92 Å². The van der Waals surface area contributed by atoms with Crippen molar-refractivity contribution in [1.82, 2.24) is 9.88 Å². The molecule has 0 saturated carbocycles. The van der Waals surface area contributed by atoms with E-state index in [1.807, 2.05) is 13.8 Å². The van der Waals surface area contributed by atoms with Crippen LogP contribution in [-0.2, 0) is 11.2 Å². The van der Waals surface area contributed by atoms with E-state index in [0.717, 1.165) is 38.2 Å². The monoisotopic (exact) mass is 238 g/mol. The number of likely N-dealkylation sites (tertiary alicyclic amines) is 1. The van der Waals surface area contributed by atoms with E-state index in [1.165, 1.54) is 5.01 Å². The Kier molecular flexibility index (Phi) is 3.71. The standard InChI is InChI=1S/C12H18N2OS/c1-9-7-14(5-3-11(9)15)6-4-12-13-10(2)8-16-12/h8-9H,3-7H2,1-2H3. The summed E-state index contributed by atoms with van der Waals surface area (Å²) in [5, 5.41) is 3.31. The van der Waals surface area contributed by atoms with Gasteiger partial charge >= 0.3 is 0 Å². The summed E-state index contributed by atoms with van der Waals surface area (Å²) in [6, 6.07) is 0. The maximum absolute atomic E-state index is 11.4. The Morgan fingerprint density at radius 3 is 3.06 bits per heavy atom. The molecule has 0 spiro atoms. The van der Waals surface area contributed by atoms with E-state index in [2.05, 4.69) is 15.3 Å². The zero-order chi connectivity index (χ0) is 11.5. The average molecular weight is 238 g/mol. The van der Waals surface area contributed by atoms with Gasteiger partial charge in [-0.25, -0.2) is 4.98 Å². The topological polar surface area (TPSA) is 33.2 Å². The minimum Gasteiger partial charge on any atom is -0.302 e. The summed E-state index contributed by atoms with van der Waals surface area (Å²) in [6.07, 6.45) is 1.73. The molecular weight excluding hydrogens is 220 g/mol. The van der Waals surface area contributed by atoms with Crippen molar-refractivity contribution in [1.29, 1.82) is 0 Å². The molecule has 0 amide bonds. The largest absolute Gasteiger partial charge is 0.302 e. The number of carbonyl (C=O) groups is 1. The second kappa shape index (κ2) is 5.06. The van der Waals surface area contributed by atoms with Crippen molar-refractivity contribution in [2.24, 2.45) is 5.92 Å². The number of aryl methyl sites for hydroxylation is 1. The van der Waals surface area contributed by atoms with Gasteiger partial charge in [0.25, 0.3) is 0 Å². The van der Waals surface area contributed by atoms with Crippen LogP contribution in [0.2, 0.25) is 0 Å². The van der Waals surface area contributed by atoms with Gasteiger partial charge in [0.1, 0.15) is 5.78 Å². The lowest BCUT2D eigenvalue weighted by Gasteiger charge is -2.29. The van der Waals surface area contributed by atoms with Gasteiger partial charge < -0.3 is 4.90 Å². The third kappa shape index (κ3) is 2.89. The number of nitrogens with zero attached hydrogens (tertiary/aromatic N) is 2. The molecule has 1 atom stereocenters. The van der Waals surface area contributed by atoms with Crippen molar-refractivity contribution in [2.75, 3.05) is 19.6 Å². The molecule has 0 radical (unpaired) electrons. The molecule has 0 aromatic carbocycles. The minimum absolute atomic E-state index is 0.215. The summed E-state index contributed by atoms with van der Waals surface area (Å²) in [5.74, 6) is 0.633. The molecule has 88 valence electrons. The molecule has 1 unspecified atom stereocenters. The van der Waals surface area contributed by atoms with Gasteiger partial charge in [-0.1, -0.05) is 6.92 Å². The van der Waals surface area contributed by atoms with Crippen LogP contribution in [-0.4, -0.2) is 35.3 Å². The third-order valence-electron chi connectivity index (χ3n) is 3.06. The highest BCUT2D eigenvalue weighted by atomic mass is 32.1. The van der Waals surface area contributed by atoms with E-state index >= 15 is 0 Å². The van der Waals surface area contributed by atoms with Crippen molar-refractivity contribution >= 4 is 17.1 Å². The minimum atomic E-state index is 0.215. The molecule has 1 aliphatic heterocycles. The molecule has 1 aliphatic rings. The van der Waals surface area contributed by atoms with Crippen LogP contribution < -0.4 is 0 Å². The highest BCUT2D eigenvalue weighted by Gasteiger charge is 2.22. The second-order valence-corrected chi connectivity index (χ2v) is 5.49. The van der Waals surface area contributed by atoms with Crippen LogP contribution in [0.1, 0.15) is 24.0 Å². The Morgan fingerprint density at radius 1 is 1.62 bits per heavy atom. The van der Waals surface area contributed by atoms with Gasteiger partial charge in [0.2, 0.25) is 0 Å². The fourth-order valence-electron chi connectivity index (χ4n) is 2.07. The van der Waals surface area contributed by atoms with Crippen LogP contribution in [0, 0.1) is 12.8 Å². The van der Waals surface area contributed by atoms with Crippen molar-refractivity contribution in [3.8, 4) is 0 Å². The van der Waals surface area contributed by atoms with E-state index in [0.29, 0.717) is 5.78 Å². The van der Waals surface area contributed by atoms with Crippen LogP contribution in [0.25, 0.3) is 0 Å². The van der Waals surface area contributed by atoms with Gasteiger partial charge in [0.15, 0.2) is 0 Å². The third-order valence-corrected chi connectivity index (χ3v) is 4.09. The summed E-state index contributed by atoms with van der Waals surface area (Å²) >= 11 is 1.73. The number of piperidine rings is 1. The first-order valence-electron chi connectivity index (χ1n) is 5.81. The lowest BCUT2D eigenvalue weighted by Crippen LogP contribution is -2.40. The smallest absolute Gasteiger partial charge is 0.138 e. The molecule has 3 nitrogen and oxygen atoms in total. The first kappa shape index (κ1) is 11.7. The van der Waals surface area contributed by atoms with Crippen molar-refractivity contribution < 1.29 is 4.79 Å². The number of aromatic nitrogens is 1. The first-order valence-corrected chi connectivity index (χ1v) is 6.69. The highest BCUT2D eigenvalue weighted by molar-refractivity contribution is 7.09. The summed E-state index contributed by atoms with van der Waals surface area (Å²) in [7, 11) is 0. The molecule has 1 aromatic rings. The molecule has 0 bridgehead atoms. The summed E-state index contributed by atoms with van der Waals surface area (Å²) in [6.45, 7) is 6.94. The predicted molar refractivity (Wildman–Crippen MR) is 65.8 cm³/mol. The van der Waals surface area contributed by atoms with Crippen LogP contribution in [0.4, 0.5) is 0 Å². The molecule has 1 aromatic heterocycles. The number of Topliss-reactive ketones (excluding diaryl/α,β-unsaturated/α-hetero) is 1. The van der Waals surface area contributed by atoms with E-state index in [-0.39, 0.29) is 5.92 Å². The number of ketones is 1. The number of rotatable bonds is 3. The highest BCUT2D eigenvalue weighted by Crippen LogP contribution is 2.14. The average Bonchev–Trinajstić information content (AvgIpc) is 2.66. The molecular formula is C12H18N2OS. The van der Waals surface area contributed by atoms with Crippen LogP contribution in [0.5, 0.6) is 0 Å². The Labute approximate surface area is 100 Å². The van der Waals surface area contributed by atoms with Crippen LogP contribution >= 0.6 is 11.3 Å². The molecule has 16 heavy (non-hydrogen) atoms. The zero-order valence-corrected chi connectivity index (χ0v) is 10.7. The van der Waals surface area contributed by atoms with E-state index < -0.39 is 0 Å². The lowest BCUT2D eigenvalue weighted by molar-refractivity contribution is -0.125. The normalized spacial score (nSPS) is 22.6. The van der Waals surface area contributed by atoms with E-state index in [9.17, 15) is 4.79 Å². The number of thiazole rings is 1. The van der Waals surface area contributed by atoms with Gasteiger partial charge in [0.05, 0.1) is 5.01 Å². The molecule has 2 heterocycles. The Bertz CT molecular complexity index is 375. The van der Waals surface area contributed by atoms with E-state index in [1.54, 1.807) is 11.3 Å². The second-order valence-electron chi connectivity index (χ2n) is 4.55. The zero-order valence-electron chi connectivity index (χ0n) is 9.90. The van der Waals surface area contributed by atoms with Gasteiger partial charge in [-0.2, -0.15) is 0 Å². The Balaban J connectivity index is 1.80. The van der Waals surface area contributed by atoms with Crippen LogP contribution in [0.3, 0.4) is 0 Å². The van der Waals surface area contributed by atoms with Crippen molar-refractivity contribution in [3.05, 3.63) is 16.1 Å². The maximum atomic E-state index is 11.4. The fourth-order valence-corrected chi connectivity index (χ4v) is 2.83. The Hall–Kier alpha value is -0.740. The lowest BCUT2D eigenvalue weighted by atomic mass is 9.98. The van der Waals surface area contributed by atoms with Gasteiger partial charge in [0, 0.05) is 49.5 Å². The molecule has 0 N–H and O–H groups in total. The predicted octanol–water partition coefficient (Wildman–Crippen LogP) is 1.90. The summed E-state index contributed by atoms with van der Waals surface area (Å²) in [4.78, 5) is 18.2. The quantitative estimate of drug-likeness (QED) is 0.806. The molecule has 0 aliphatic carbocycles. The molecule has 2 rings (SSSR count). The number of hydrogen-bond acceptors (Lipinski definition) is 4. The van der Waals surface area contributed by atoms with Gasteiger partial charge in [-0.3, -0.25) is 4.79 Å². The summed E-state index contributed by atoms with van der Waals surface area (Å²) < 4.78 is 0. The van der Waals surface area contributed by atoms with Crippen molar-refractivity contribution in [3.63, 3.8) is 0 Å². The first-order chi connectivity index (χ1) is 7.65. The molecule has 4 heteroatoms. The van der Waals surface area contributed by atoms with Crippen molar-refractivity contribution in [2.45, 2.75) is 26.7 Å². The van der Waals surface area contributed by atoms with E-state index in [4.69, 9.17) is 0 Å². The number of hydrogen-bond donors (Lipinski definition) is 0. The summed E-state index contributed by atoms with van der Waals surface area (Å²) in [5.41, 5.74) is 1.11. The SMILES string of the molecule is Cc1csc(CCN2CCC(=O)C(C)C2)n1. The number of carbonyl (C=O) groups excluding carboxylic acids is 1. The van der Waals surface area contributed by atoms with Gasteiger partial charge in [-0.15, -0.1) is 11.3 Å². The molecule has 1 fully saturated rings.